The average Bonchev–Trinajstić information content (AvgIpc) is 2.47. The summed E-state index contributed by atoms with van der Waals surface area (Å²) < 4.78 is 17.9. The molecule has 0 aliphatic carbocycles. The Morgan fingerprint density at radius 3 is 2.83 bits per heavy atom. The topological polar surface area (TPSA) is 59.5 Å². The van der Waals surface area contributed by atoms with Gasteiger partial charge < -0.3 is 9.64 Å². The van der Waals surface area contributed by atoms with Gasteiger partial charge in [0.25, 0.3) is 0 Å². The van der Waals surface area contributed by atoms with Crippen LogP contribution in [-0.2, 0) is 21.3 Å². The fourth-order valence-electron chi connectivity index (χ4n) is 2.66. The maximum Gasteiger partial charge on any atom is 0.410 e. The molecule has 1 aliphatic heterocycles. The summed E-state index contributed by atoms with van der Waals surface area (Å²) in [5.74, 6) is 0.912. The monoisotopic (exact) mass is 338 g/mol. The molecule has 0 spiro atoms. The molecule has 0 bridgehead atoms. The number of likely N-dealkylation sites (tertiary alicyclic amines) is 1. The minimum Gasteiger partial charge on any atom is -0.444 e. The number of nitrogens with zero attached hydrogens (tertiary/aromatic N) is 2. The van der Waals surface area contributed by atoms with Crippen molar-refractivity contribution in [3.8, 4) is 0 Å². The first-order valence-electron chi connectivity index (χ1n) is 8.09. The Balaban J connectivity index is 1.95. The fourth-order valence-corrected chi connectivity index (χ4v) is 4.05. The highest BCUT2D eigenvalue weighted by Crippen LogP contribution is 2.21. The summed E-state index contributed by atoms with van der Waals surface area (Å²) in [5, 5.41) is 0. The smallest absolute Gasteiger partial charge is 0.410 e. The van der Waals surface area contributed by atoms with Crippen molar-refractivity contribution in [2.75, 3.05) is 12.3 Å². The summed E-state index contributed by atoms with van der Waals surface area (Å²) in [6.07, 6.45) is 4.33. The Hall–Kier alpha value is -1.43. The Labute approximate surface area is 140 Å². The molecular weight excluding hydrogens is 312 g/mol. The predicted octanol–water partition coefficient (Wildman–Crippen LogP) is 3.12. The highest BCUT2D eigenvalue weighted by Gasteiger charge is 2.31. The third kappa shape index (κ3) is 5.94. The second-order valence-corrected chi connectivity index (χ2v) is 8.40. The molecule has 0 saturated carbocycles. The van der Waals surface area contributed by atoms with Crippen LogP contribution in [0.15, 0.2) is 24.4 Å². The van der Waals surface area contributed by atoms with Gasteiger partial charge in [-0.05, 0) is 52.2 Å². The van der Waals surface area contributed by atoms with Crippen molar-refractivity contribution < 1.29 is 13.7 Å². The molecule has 1 aromatic heterocycles. The van der Waals surface area contributed by atoms with Crippen molar-refractivity contribution in [2.45, 2.75) is 57.4 Å². The molecule has 2 rings (SSSR count). The number of ether oxygens (including phenoxy) is 1. The Morgan fingerprint density at radius 1 is 1.39 bits per heavy atom. The minimum absolute atomic E-state index is 0.0110. The minimum atomic E-state index is -1.04. The SMILES string of the molecule is CC(C)(C)OC(=O)N1CCCC[C@@H]1C[S@](=O)Cc1ccccn1. The first kappa shape index (κ1) is 17.9. The summed E-state index contributed by atoms with van der Waals surface area (Å²) >= 11 is 0. The van der Waals surface area contributed by atoms with Gasteiger partial charge in [-0.1, -0.05) is 6.07 Å². The van der Waals surface area contributed by atoms with Gasteiger partial charge in [-0.3, -0.25) is 9.19 Å². The van der Waals surface area contributed by atoms with Gasteiger partial charge in [0.05, 0.1) is 11.4 Å². The van der Waals surface area contributed by atoms with E-state index in [1.54, 1.807) is 11.1 Å². The zero-order chi connectivity index (χ0) is 16.9. The van der Waals surface area contributed by atoms with E-state index in [1.165, 1.54) is 0 Å². The Kier molecular flexibility index (Phi) is 6.16. The van der Waals surface area contributed by atoms with E-state index in [1.807, 2.05) is 39.0 Å². The third-order valence-electron chi connectivity index (χ3n) is 3.67. The first-order chi connectivity index (χ1) is 10.8. The predicted molar refractivity (Wildman–Crippen MR) is 91.5 cm³/mol. The molecule has 0 aromatic carbocycles. The van der Waals surface area contributed by atoms with Gasteiger partial charge in [0, 0.05) is 35.3 Å². The zero-order valence-electron chi connectivity index (χ0n) is 14.2. The summed E-state index contributed by atoms with van der Waals surface area (Å²) in [4.78, 5) is 18.3. The van der Waals surface area contributed by atoms with Crippen LogP contribution in [0.5, 0.6) is 0 Å². The largest absolute Gasteiger partial charge is 0.444 e. The fraction of sp³-hybridized carbons (Fsp3) is 0.647. The van der Waals surface area contributed by atoms with E-state index in [0.717, 1.165) is 25.0 Å². The highest BCUT2D eigenvalue weighted by atomic mass is 32.2. The summed E-state index contributed by atoms with van der Waals surface area (Å²) in [5.41, 5.74) is 0.317. The summed E-state index contributed by atoms with van der Waals surface area (Å²) in [6.45, 7) is 6.27. The number of hydrogen-bond donors (Lipinski definition) is 0. The standard InChI is InChI=1S/C17H26N2O3S/c1-17(2,3)22-16(20)19-11-7-5-9-15(19)13-23(21)12-14-8-4-6-10-18-14/h4,6,8,10,15H,5,7,9,11-13H2,1-3H3/t15-,23-/m1/s1. The molecule has 1 aliphatic rings. The van der Waals surface area contributed by atoms with Gasteiger partial charge in [0.15, 0.2) is 0 Å². The van der Waals surface area contributed by atoms with Crippen LogP contribution in [0.3, 0.4) is 0 Å². The Morgan fingerprint density at radius 2 is 2.17 bits per heavy atom. The maximum absolute atomic E-state index is 12.4. The van der Waals surface area contributed by atoms with E-state index in [2.05, 4.69) is 4.98 Å². The lowest BCUT2D eigenvalue weighted by molar-refractivity contribution is 0.0125. The lowest BCUT2D eigenvalue weighted by Crippen LogP contribution is -2.48. The maximum atomic E-state index is 12.4. The van der Waals surface area contributed by atoms with E-state index in [4.69, 9.17) is 4.74 Å². The van der Waals surface area contributed by atoms with E-state index in [0.29, 0.717) is 18.1 Å². The molecule has 128 valence electrons. The third-order valence-corrected chi connectivity index (χ3v) is 5.04. The van der Waals surface area contributed by atoms with Crippen LogP contribution in [0.4, 0.5) is 4.79 Å². The van der Waals surface area contributed by atoms with E-state index in [-0.39, 0.29) is 12.1 Å². The van der Waals surface area contributed by atoms with Crippen LogP contribution in [0.1, 0.15) is 45.7 Å². The molecule has 23 heavy (non-hydrogen) atoms. The molecular formula is C17H26N2O3S. The van der Waals surface area contributed by atoms with Gasteiger partial charge in [-0.15, -0.1) is 0 Å². The lowest BCUT2D eigenvalue weighted by Gasteiger charge is -2.36. The van der Waals surface area contributed by atoms with Crippen molar-refractivity contribution in [3.05, 3.63) is 30.1 Å². The van der Waals surface area contributed by atoms with Crippen LogP contribution in [0.2, 0.25) is 0 Å². The van der Waals surface area contributed by atoms with Gasteiger partial charge in [-0.2, -0.15) is 0 Å². The van der Waals surface area contributed by atoms with E-state index < -0.39 is 16.4 Å². The van der Waals surface area contributed by atoms with Gasteiger partial charge in [0.1, 0.15) is 5.60 Å². The van der Waals surface area contributed by atoms with Crippen LogP contribution in [0, 0.1) is 0 Å². The van der Waals surface area contributed by atoms with Gasteiger partial charge in [0.2, 0.25) is 0 Å². The number of aromatic nitrogens is 1. The molecule has 2 heterocycles. The number of carbonyl (C=O) groups excluding carboxylic acids is 1. The first-order valence-corrected chi connectivity index (χ1v) is 9.58. The van der Waals surface area contributed by atoms with Crippen molar-refractivity contribution >= 4 is 16.9 Å². The molecule has 0 radical (unpaired) electrons. The molecule has 0 unspecified atom stereocenters. The molecule has 6 heteroatoms. The molecule has 1 amide bonds. The number of carbonyl (C=O) groups is 1. The quantitative estimate of drug-likeness (QED) is 0.846. The molecule has 1 saturated heterocycles. The molecule has 1 fully saturated rings. The molecule has 0 N–H and O–H groups in total. The van der Waals surface area contributed by atoms with Gasteiger partial charge >= 0.3 is 6.09 Å². The van der Waals surface area contributed by atoms with Crippen LogP contribution in [0.25, 0.3) is 0 Å². The van der Waals surface area contributed by atoms with Gasteiger partial charge in [-0.25, -0.2) is 4.79 Å². The second kappa shape index (κ2) is 7.90. The average molecular weight is 338 g/mol. The van der Waals surface area contributed by atoms with E-state index in [9.17, 15) is 9.00 Å². The summed E-state index contributed by atoms with van der Waals surface area (Å²) in [6, 6.07) is 5.61. The zero-order valence-corrected chi connectivity index (χ0v) is 15.0. The van der Waals surface area contributed by atoms with Crippen LogP contribution >= 0.6 is 0 Å². The van der Waals surface area contributed by atoms with E-state index >= 15 is 0 Å². The summed E-state index contributed by atoms with van der Waals surface area (Å²) in [7, 11) is -1.04. The molecule has 2 atom stereocenters. The van der Waals surface area contributed by atoms with Crippen LogP contribution < -0.4 is 0 Å². The van der Waals surface area contributed by atoms with Crippen molar-refractivity contribution in [1.29, 1.82) is 0 Å². The number of amides is 1. The van der Waals surface area contributed by atoms with Crippen molar-refractivity contribution in [1.82, 2.24) is 9.88 Å². The van der Waals surface area contributed by atoms with Crippen LogP contribution in [-0.4, -0.2) is 44.1 Å². The molecule has 1 aromatic rings. The Bertz CT molecular complexity index is 543. The van der Waals surface area contributed by atoms with Crippen molar-refractivity contribution in [3.63, 3.8) is 0 Å². The number of pyridine rings is 1. The number of hydrogen-bond acceptors (Lipinski definition) is 4. The number of piperidine rings is 1. The number of rotatable bonds is 4. The van der Waals surface area contributed by atoms with Crippen molar-refractivity contribution in [2.24, 2.45) is 0 Å². The second-order valence-electron chi connectivity index (χ2n) is 6.90. The normalized spacial score (nSPS) is 20.1. The lowest BCUT2D eigenvalue weighted by atomic mass is 10.0. The molecule has 5 nitrogen and oxygen atoms in total. The highest BCUT2D eigenvalue weighted by molar-refractivity contribution is 7.84.